The Kier molecular flexibility index (Phi) is 10.6. The van der Waals surface area contributed by atoms with Gasteiger partial charge in [0.1, 0.15) is 17.7 Å². The standard InChI is InChI=1S/C40H48N8O7/c1-23(2)40(3,55-38(41)51)37(50)48-18-6-8-32(48)35-43-20-30(45-35)27-15-11-25(12-16-27)24-9-13-26(14-10-24)29-19-42-34(44-29)31-7-5-17-47(31)36(49)33(28-21-54-22-28)46-39(52)53-4/h9-16,19-20,23,28,31-33H,5-8,17-18,21-22H2,1-4H3,(H2,41,51)(H,42,44)(H,43,45)(H,46,52)/t31-,32-,33+,40-/m0/s1. The fourth-order valence-corrected chi connectivity index (χ4v) is 7.69. The highest BCUT2D eigenvalue weighted by molar-refractivity contribution is 5.88. The van der Waals surface area contributed by atoms with Crippen molar-refractivity contribution in [1.29, 1.82) is 0 Å². The van der Waals surface area contributed by atoms with Crippen LogP contribution in [0.25, 0.3) is 33.6 Å². The molecule has 2 aromatic carbocycles. The molecule has 5 N–H and O–H groups in total. The number of rotatable bonds is 11. The van der Waals surface area contributed by atoms with E-state index in [1.54, 1.807) is 29.1 Å². The molecule has 0 aliphatic carbocycles. The number of hydrogen-bond donors (Lipinski definition) is 4. The summed E-state index contributed by atoms with van der Waals surface area (Å²) < 4.78 is 15.4. The van der Waals surface area contributed by atoms with Gasteiger partial charge in [-0.25, -0.2) is 19.6 Å². The third kappa shape index (κ3) is 7.53. The molecular weight excluding hydrogens is 704 g/mol. The quantitative estimate of drug-likeness (QED) is 0.156. The summed E-state index contributed by atoms with van der Waals surface area (Å²) >= 11 is 0. The van der Waals surface area contributed by atoms with Gasteiger partial charge < -0.3 is 45.0 Å². The Hall–Kier alpha value is -5.70. The molecule has 3 aliphatic rings. The third-order valence-electron chi connectivity index (χ3n) is 11.3. The summed E-state index contributed by atoms with van der Waals surface area (Å²) in [7, 11) is 1.28. The third-order valence-corrected chi connectivity index (χ3v) is 11.3. The number of likely N-dealkylation sites (tertiary alicyclic amines) is 2. The Morgan fingerprint density at radius 3 is 1.78 bits per heavy atom. The highest BCUT2D eigenvalue weighted by Gasteiger charge is 2.47. The second kappa shape index (κ2) is 15.6. The highest BCUT2D eigenvalue weighted by atomic mass is 16.6. The van der Waals surface area contributed by atoms with Crippen molar-refractivity contribution < 1.29 is 33.4 Å². The lowest BCUT2D eigenvalue weighted by Gasteiger charge is -2.36. The summed E-state index contributed by atoms with van der Waals surface area (Å²) in [5, 5.41) is 2.71. The van der Waals surface area contributed by atoms with E-state index in [0.29, 0.717) is 38.0 Å². The number of aromatic amines is 2. The largest absolute Gasteiger partial charge is 0.453 e. The van der Waals surface area contributed by atoms with E-state index in [0.717, 1.165) is 59.3 Å². The Morgan fingerprint density at radius 2 is 1.33 bits per heavy atom. The van der Waals surface area contributed by atoms with Crippen molar-refractivity contribution in [3.63, 3.8) is 0 Å². The number of nitrogens with zero attached hydrogens (tertiary/aromatic N) is 4. The fourth-order valence-electron chi connectivity index (χ4n) is 7.69. The summed E-state index contributed by atoms with van der Waals surface area (Å²) in [6, 6.07) is 15.2. The number of carbonyl (C=O) groups is 4. The van der Waals surface area contributed by atoms with Crippen molar-refractivity contribution in [3.05, 3.63) is 72.6 Å². The zero-order valence-electron chi connectivity index (χ0n) is 31.5. The van der Waals surface area contributed by atoms with Crippen LogP contribution in [0.3, 0.4) is 0 Å². The van der Waals surface area contributed by atoms with Crippen molar-refractivity contribution >= 4 is 24.0 Å². The monoisotopic (exact) mass is 752 g/mol. The number of benzene rings is 2. The first-order valence-corrected chi connectivity index (χ1v) is 18.8. The van der Waals surface area contributed by atoms with Crippen LogP contribution in [-0.2, 0) is 23.8 Å². The van der Waals surface area contributed by atoms with Crippen LogP contribution < -0.4 is 11.1 Å². The summed E-state index contributed by atoms with van der Waals surface area (Å²) in [5.41, 5.74) is 9.64. The lowest BCUT2D eigenvalue weighted by Crippen LogP contribution is -2.56. The zero-order chi connectivity index (χ0) is 38.9. The molecule has 0 radical (unpaired) electrons. The predicted octanol–water partition coefficient (Wildman–Crippen LogP) is 5.34. The lowest BCUT2D eigenvalue weighted by molar-refractivity contribution is -0.155. The van der Waals surface area contributed by atoms with E-state index in [-0.39, 0.29) is 35.7 Å². The average Bonchev–Trinajstić information content (AvgIpc) is 4.00. The molecule has 4 atom stereocenters. The second-order valence-corrected chi connectivity index (χ2v) is 15.0. The number of primary amides is 1. The van der Waals surface area contributed by atoms with Crippen LogP contribution >= 0.6 is 0 Å². The topological polar surface area (TPSA) is 198 Å². The van der Waals surface area contributed by atoms with Crippen molar-refractivity contribution in [2.75, 3.05) is 33.4 Å². The lowest BCUT2D eigenvalue weighted by atomic mass is 9.90. The van der Waals surface area contributed by atoms with Gasteiger partial charge in [0.2, 0.25) is 5.91 Å². The smallest absolute Gasteiger partial charge is 0.407 e. The van der Waals surface area contributed by atoms with E-state index in [1.165, 1.54) is 7.11 Å². The summed E-state index contributed by atoms with van der Waals surface area (Å²) in [6.07, 6.45) is 5.11. The number of nitrogens with one attached hydrogen (secondary N) is 3. The molecule has 3 aliphatic heterocycles. The van der Waals surface area contributed by atoms with Gasteiger partial charge in [0.05, 0.1) is 56.2 Å². The second-order valence-electron chi connectivity index (χ2n) is 15.0. The van der Waals surface area contributed by atoms with Crippen LogP contribution in [0.15, 0.2) is 60.9 Å². The van der Waals surface area contributed by atoms with E-state index in [1.807, 2.05) is 38.1 Å². The molecule has 55 heavy (non-hydrogen) atoms. The minimum atomic E-state index is -1.37. The zero-order valence-corrected chi connectivity index (χ0v) is 31.5. The fraction of sp³-hybridized carbons (Fsp3) is 0.450. The van der Waals surface area contributed by atoms with Crippen molar-refractivity contribution in [2.24, 2.45) is 17.6 Å². The van der Waals surface area contributed by atoms with Crippen LogP contribution in [-0.4, -0.2) is 98.8 Å². The number of carbonyl (C=O) groups excluding carboxylic acids is 4. The van der Waals surface area contributed by atoms with E-state index >= 15 is 0 Å². The molecule has 0 bridgehead atoms. The van der Waals surface area contributed by atoms with Crippen LogP contribution in [0.1, 0.15) is 70.2 Å². The maximum absolute atomic E-state index is 13.7. The van der Waals surface area contributed by atoms with Gasteiger partial charge in [0.25, 0.3) is 5.91 Å². The summed E-state index contributed by atoms with van der Waals surface area (Å²) in [5.74, 6) is 0.590. The SMILES string of the molecule is COC(=O)N[C@@H](C(=O)N1CCC[C@H]1c1ncc(-c2ccc(-c3ccc(-c4cnc([C@@H]5CCCN5C(=O)[C@@](C)(OC(N)=O)C(C)C)[nH]4)cc3)cc2)[nH]1)C1COC1. The molecule has 5 heterocycles. The molecule has 290 valence electrons. The van der Waals surface area contributed by atoms with Gasteiger partial charge in [-0.05, 0) is 54.9 Å². The van der Waals surface area contributed by atoms with Gasteiger partial charge in [-0.1, -0.05) is 62.4 Å². The highest BCUT2D eigenvalue weighted by Crippen LogP contribution is 2.37. The first kappa shape index (κ1) is 37.6. The number of aromatic nitrogens is 4. The van der Waals surface area contributed by atoms with Gasteiger partial charge in [0.15, 0.2) is 5.60 Å². The summed E-state index contributed by atoms with van der Waals surface area (Å²) in [4.78, 5) is 70.7. The number of H-pyrrole nitrogens is 2. The van der Waals surface area contributed by atoms with Crippen molar-refractivity contribution in [2.45, 2.75) is 70.2 Å². The molecule has 2 aromatic heterocycles. The van der Waals surface area contributed by atoms with E-state index in [4.69, 9.17) is 19.9 Å². The maximum atomic E-state index is 13.7. The Labute approximate surface area is 319 Å². The molecule has 3 saturated heterocycles. The molecule has 4 amide bonds. The van der Waals surface area contributed by atoms with Gasteiger partial charge in [-0.15, -0.1) is 0 Å². The van der Waals surface area contributed by atoms with Crippen molar-refractivity contribution in [1.82, 2.24) is 35.1 Å². The van der Waals surface area contributed by atoms with Crippen LogP contribution in [0, 0.1) is 11.8 Å². The number of alkyl carbamates (subject to hydrolysis) is 1. The number of hydrogen-bond acceptors (Lipinski definition) is 9. The Bertz CT molecular complexity index is 2020. The summed E-state index contributed by atoms with van der Waals surface area (Å²) in [6.45, 7) is 7.22. The number of imidazole rings is 2. The van der Waals surface area contributed by atoms with Gasteiger partial charge in [-0.3, -0.25) is 9.59 Å². The Balaban J connectivity index is 1.01. The van der Waals surface area contributed by atoms with Crippen molar-refractivity contribution in [3.8, 4) is 33.6 Å². The van der Waals surface area contributed by atoms with E-state index in [9.17, 15) is 19.2 Å². The van der Waals surface area contributed by atoms with E-state index in [2.05, 4.69) is 49.5 Å². The Morgan fingerprint density at radius 1 is 0.836 bits per heavy atom. The van der Waals surface area contributed by atoms with Crippen LogP contribution in [0.4, 0.5) is 9.59 Å². The first-order valence-electron chi connectivity index (χ1n) is 18.8. The normalized spacial score (nSPS) is 20.2. The molecule has 0 unspecified atom stereocenters. The van der Waals surface area contributed by atoms with Gasteiger partial charge in [0, 0.05) is 24.9 Å². The van der Waals surface area contributed by atoms with Crippen LogP contribution in [0.2, 0.25) is 0 Å². The number of ether oxygens (including phenoxy) is 3. The molecule has 7 rings (SSSR count). The molecule has 3 fully saturated rings. The predicted molar refractivity (Wildman–Crippen MR) is 202 cm³/mol. The minimum absolute atomic E-state index is 0.0974. The number of methoxy groups -OCH3 is 1. The first-order chi connectivity index (χ1) is 26.5. The van der Waals surface area contributed by atoms with Gasteiger partial charge in [-0.2, -0.15) is 0 Å². The molecule has 0 saturated carbocycles. The van der Waals surface area contributed by atoms with Crippen LogP contribution in [0.5, 0.6) is 0 Å². The number of amides is 4. The molecule has 0 spiro atoms. The minimum Gasteiger partial charge on any atom is -0.453 e. The van der Waals surface area contributed by atoms with E-state index < -0.39 is 23.8 Å². The maximum Gasteiger partial charge on any atom is 0.407 e. The molecular formula is C40H48N8O7. The van der Waals surface area contributed by atoms with Gasteiger partial charge >= 0.3 is 12.2 Å². The molecule has 15 nitrogen and oxygen atoms in total. The number of nitrogens with two attached hydrogens (primary N) is 1. The average molecular weight is 753 g/mol. The molecule has 15 heteroatoms. The molecule has 4 aromatic rings.